The average Bonchev–Trinajstić information content (AvgIpc) is 2.60. The number of esters is 1. The molecule has 8 heteroatoms. The monoisotopic (exact) mass is 368 g/mol. The Balaban J connectivity index is 2.71. The molecule has 0 aliphatic rings. The molecule has 0 radical (unpaired) electrons. The molecule has 0 saturated carbocycles. The first kappa shape index (κ1) is 21.0. The fourth-order valence-electron chi connectivity index (χ4n) is 2.13. The van der Waals surface area contributed by atoms with Crippen LogP contribution in [0.5, 0.6) is 0 Å². The number of amides is 1. The molecule has 0 bridgehead atoms. The third-order valence-corrected chi connectivity index (χ3v) is 4.27. The quantitative estimate of drug-likeness (QED) is 0.453. The maximum absolute atomic E-state index is 12.6. The SMILES string of the molecule is CCCN(CC(=O)OC)C(=O)C(CC(=O)O)NSCc1ccccc1. The van der Waals surface area contributed by atoms with Crippen LogP contribution < -0.4 is 4.72 Å². The van der Waals surface area contributed by atoms with Crippen molar-refractivity contribution in [3.63, 3.8) is 0 Å². The normalized spacial score (nSPS) is 11.6. The Bertz CT molecular complexity index is 567. The average molecular weight is 368 g/mol. The van der Waals surface area contributed by atoms with E-state index in [1.807, 2.05) is 37.3 Å². The predicted octanol–water partition coefficient (Wildman–Crippen LogP) is 1.68. The van der Waals surface area contributed by atoms with Crippen molar-refractivity contribution in [2.24, 2.45) is 0 Å². The van der Waals surface area contributed by atoms with Gasteiger partial charge in [0.2, 0.25) is 5.91 Å². The van der Waals surface area contributed by atoms with Gasteiger partial charge in [0.1, 0.15) is 12.6 Å². The second-order valence-corrected chi connectivity index (χ2v) is 6.19. The highest BCUT2D eigenvalue weighted by molar-refractivity contribution is 7.96. The number of carboxylic acid groups (broad SMARTS) is 1. The molecule has 1 rings (SSSR count). The first-order valence-electron chi connectivity index (χ1n) is 7.96. The molecule has 7 nitrogen and oxygen atoms in total. The lowest BCUT2D eigenvalue weighted by Gasteiger charge is -2.25. The number of nitrogens with one attached hydrogen (secondary N) is 1. The van der Waals surface area contributed by atoms with Crippen molar-refractivity contribution in [1.82, 2.24) is 9.62 Å². The van der Waals surface area contributed by atoms with E-state index in [0.29, 0.717) is 18.7 Å². The Hall–Kier alpha value is -2.06. The van der Waals surface area contributed by atoms with Crippen molar-refractivity contribution in [2.75, 3.05) is 20.2 Å². The smallest absolute Gasteiger partial charge is 0.325 e. The summed E-state index contributed by atoms with van der Waals surface area (Å²) in [6.07, 6.45) is 0.293. The van der Waals surface area contributed by atoms with Gasteiger partial charge >= 0.3 is 11.9 Å². The lowest BCUT2D eigenvalue weighted by molar-refractivity contribution is -0.148. The molecule has 1 aromatic rings. The number of rotatable bonds is 11. The van der Waals surface area contributed by atoms with Gasteiger partial charge in [0, 0.05) is 12.3 Å². The van der Waals surface area contributed by atoms with Gasteiger partial charge in [-0.25, -0.2) is 0 Å². The first-order valence-corrected chi connectivity index (χ1v) is 8.95. The van der Waals surface area contributed by atoms with Crippen LogP contribution in [0, 0.1) is 0 Å². The second-order valence-electron chi connectivity index (χ2n) is 5.38. The number of ether oxygens (including phenoxy) is 1. The van der Waals surface area contributed by atoms with Crippen LogP contribution in [0.15, 0.2) is 30.3 Å². The van der Waals surface area contributed by atoms with Gasteiger partial charge in [-0.15, -0.1) is 0 Å². The number of carbonyl (C=O) groups excluding carboxylic acids is 2. The third-order valence-electron chi connectivity index (χ3n) is 3.34. The summed E-state index contributed by atoms with van der Waals surface area (Å²) >= 11 is 1.27. The topological polar surface area (TPSA) is 95.9 Å². The summed E-state index contributed by atoms with van der Waals surface area (Å²) in [5, 5.41) is 9.08. The molecule has 1 unspecified atom stereocenters. The highest BCUT2D eigenvalue weighted by Crippen LogP contribution is 2.12. The van der Waals surface area contributed by atoms with Gasteiger partial charge in [-0.05, 0) is 12.0 Å². The Labute approximate surface area is 151 Å². The van der Waals surface area contributed by atoms with Gasteiger partial charge in [-0.3, -0.25) is 19.1 Å². The minimum atomic E-state index is -1.08. The Kier molecular flexibility index (Phi) is 9.64. The fraction of sp³-hybridized carbons (Fsp3) is 0.471. The Morgan fingerprint density at radius 3 is 2.52 bits per heavy atom. The van der Waals surface area contributed by atoms with Crippen LogP contribution >= 0.6 is 11.9 Å². The van der Waals surface area contributed by atoms with E-state index < -0.39 is 23.9 Å². The number of methoxy groups -OCH3 is 1. The second kappa shape index (κ2) is 11.5. The molecular formula is C17H24N2O5S. The van der Waals surface area contributed by atoms with Crippen LogP contribution in [0.4, 0.5) is 0 Å². The molecule has 138 valence electrons. The molecule has 0 aromatic heterocycles. The summed E-state index contributed by atoms with van der Waals surface area (Å²) < 4.78 is 7.52. The lowest BCUT2D eigenvalue weighted by atomic mass is 10.2. The molecule has 0 aliphatic heterocycles. The summed E-state index contributed by atoms with van der Waals surface area (Å²) in [5.41, 5.74) is 1.06. The Morgan fingerprint density at radius 1 is 1.28 bits per heavy atom. The maximum Gasteiger partial charge on any atom is 0.325 e. The number of hydrogen-bond donors (Lipinski definition) is 2. The summed E-state index contributed by atoms with van der Waals surface area (Å²) in [7, 11) is 1.25. The molecule has 0 fully saturated rings. The standard InChI is InChI=1S/C17H24N2O5S/c1-3-9-19(11-16(22)24-2)17(23)14(10-15(20)21)18-25-12-13-7-5-4-6-8-13/h4-8,14,18H,3,9-12H2,1-2H3,(H,20,21). The molecule has 2 N–H and O–H groups in total. The summed E-state index contributed by atoms with van der Waals surface area (Å²) in [6.45, 7) is 2.04. The molecule has 1 amide bonds. The van der Waals surface area contributed by atoms with Gasteiger partial charge in [0.25, 0.3) is 0 Å². The maximum atomic E-state index is 12.6. The zero-order valence-corrected chi connectivity index (χ0v) is 15.3. The largest absolute Gasteiger partial charge is 0.481 e. The van der Waals surface area contributed by atoms with E-state index in [2.05, 4.69) is 9.46 Å². The molecule has 1 atom stereocenters. The highest BCUT2D eigenvalue weighted by Gasteiger charge is 2.27. The van der Waals surface area contributed by atoms with Crippen molar-refractivity contribution >= 4 is 29.8 Å². The Morgan fingerprint density at radius 2 is 1.96 bits per heavy atom. The van der Waals surface area contributed by atoms with Gasteiger partial charge in [0.15, 0.2) is 0 Å². The van der Waals surface area contributed by atoms with E-state index in [9.17, 15) is 14.4 Å². The summed E-state index contributed by atoms with van der Waals surface area (Å²) in [5.74, 6) is -1.45. The minimum Gasteiger partial charge on any atom is -0.481 e. The molecular weight excluding hydrogens is 344 g/mol. The van der Waals surface area contributed by atoms with Crippen molar-refractivity contribution in [1.29, 1.82) is 0 Å². The predicted molar refractivity (Wildman–Crippen MR) is 95.8 cm³/mol. The molecule has 0 heterocycles. The minimum absolute atomic E-state index is 0.190. The van der Waals surface area contributed by atoms with Gasteiger partial charge in [-0.2, -0.15) is 0 Å². The molecule has 0 aliphatic carbocycles. The van der Waals surface area contributed by atoms with E-state index in [0.717, 1.165) is 5.56 Å². The van der Waals surface area contributed by atoms with E-state index >= 15 is 0 Å². The van der Waals surface area contributed by atoms with Crippen molar-refractivity contribution in [2.45, 2.75) is 31.6 Å². The van der Waals surface area contributed by atoms with Gasteiger partial charge in [-0.1, -0.05) is 49.2 Å². The van der Waals surface area contributed by atoms with Crippen molar-refractivity contribution < 1.29 is 24.2 Å². The summed E-state index contributed by atoms with van der Waals surface area (Å²) in [4.78, 5) is 36.6. The fourth-order valence-corrected chi connectivity index (χ4v) is 2.96. The number of benzene rings is 1. The van der Waals surface area contributed by atoms with Crippen LogP contribution in [0.1, 0.15) is 25.3 Å². The zero-order valence-electron chi connectivity index (χ0n) is 14.4. The van der Waals surface area contributed by atoms with Crippen LogP contribution in [-0.2, 0) is 24.9 Å². The van der Waals surface area contributed by atoms with Crippen LogP contribution in [-0.4, -0.2) is 54.1 Å². The van der Waals surface area contributed by atoms with E-state index in [1.54, 1.807) is 0 Å². The van der Waals surface area contributed by atoms with Gasteiger partial charge in [0.05, 0.1) is 13.5 Å². The van der Waals surface area contributed by atoms with E-state index in [-0.39, 0.29) is 13.0 Å². The zero-order chi connectivity index (χ0) is 18.7. The lowest BCUT2D eigenvalue weighted by Crippen LogP contribution is -2.47. The molecule has 0 saturated heterocycles. The molecule has 0 spiro atoms. The van der Waals surface area contributed by atoms with Crippen LogP contribution in [0.3, 0.4) is 0 Å². The van der Waals surface area contributed by atoms with Gasteiger partial charge < -0.3 is 14.7 Å². The number of carbonyl (C=O) groups is 3. The highest BCUT2D eigenvalue weighted by atomic mass is 32.2. The van der Waals surface area contributed by atoms with Crippen molar-refractivity contribution in [3.8, 4) is 0 Å². The molecule has 1 aromatic carbocycles. The van der Waals surface area contributed by atoms with Crippen LogP contribution in [0.25, 0.3) is 0 Å². The third kappa shape index (κ3) is 8.04. The number of aliphatic carboxylic acids is 1. The number of nitrogens with zero attached hydrogens (tertiary/aromatic N) is 1. The number of hydrogen-bond acceptors (Lipinski definition) is 6. The number of carboxylic acids is 1. The molecule has 25 heavy (non-hydrogen) atoms. The van der Waals surface area contributed by atoms with Crippen LogP contribution in [0.2, 0.25) is 0 Å². The van der Waals surface area contributed by atoms with E-state index in [4.69, 9.17) is 5.11 Å². The summed E-state index contributed by atoms with van der Waals surface area (Å²) in [6, 6.07) is 8.72. The first-order chi connectivity index (χ1) is 12.0. The van der Waals surface area contributed by atoms with Crippen molar-refractivity contribution in [3.05, 3.63) is 35.9 Å². The van der Waals surface area contributed by atoms with E-state index in [1.165, 1.54) is 24.0 Å².